The molecule has 1 saturated heterocycles. The van der Waals surface area contributed by atoms with Gasteiger partial charge in [0.05, 0.1) is 5.69 Å². The van der Waals surface area contributed by atoms with Crippen LogP contribution < -0.4 is 15.5 Å². The van der Waals surface area contributed by atoms with Crippen molar-refractivity contribution in [3.63, 3.8) is 0 Å². The lowest BCUT2D eigenvalue weighted by atomic mass is 10.1. The number of nitrogens with two attached hydrogens (primary N) is 1. The van der Waals surface area contributed by atoms with Gasteiger partial charge >= 0.3 is 0 Å². The number of fused-ring (bicyclic) bond motifs is 1. The maximum absolute atomic E-state index is 12.0. The first-order valence-electron chi connectivity index (χ1n) is 7.81. The fraction of sp³-hybridized carbons (Fsp3) is 0.562. The van der Waals surface area contributed by atoms with Gasteiger partial charge in [0.15, 0.2) is 0 Å². The molecule has 1 unspecified atom stereocenters. The highest BCUT2D eigenvalue weighted by molar-refractivity contribution is 6.04. The lowest BCUT2D eigenvalue weighted by Gasteiger charge is -2.36. The molecule has 2 aliphatic heterocycles. The predicted octanol–water partition coefficient (Wildman–Crippen LogP) is 0.947. The van der Waals surface area contributed by atoms with Crippen molar-refractivity contribution in [2.75, 3.05) is 43.0 Å². The van der Waals surface area contributed by atoms with Crippen molar-refractivity contribution >= 4 is 17.3 Å². The highest BCUT2D eigenvalue weighted by Gasteiger charge is 2.34. The van der Waals surface area contributed by atoms with Gasteiger partial charge in [-0.25, -0.2) is 0 Å². The maximum Gasteiger partial charge on any atom is 0.248 e. The van der Waals surface area contributed by atoms with Gasteiger partial charge in [-0.1, -0.05) is 6.07 Å². The Kier molecular flexibility index (Phi) is 2.94. The molecule has 3 aliphatic rings. The molecular weight excluding hydrogens is 264 g/mol. The van der Waals surface area contributed by atoms with E-state index in [1.54, 1.807) is 4.90 Å². The molecule has 4 rings (SSSR count). The Hall–Kier alpha value is -1.59. The summed E-state index contributed by atoms with van der Waals surface area (Å²) in [7, 11) is 1.81. The van der Waals surface area contributed by atoms with Crippen LogP contribution in [0.1, 0.15) is 24.4 Å². The van der Waals surface area contributed by atoms with Gasteiger partial charge < -0.3 is 15.5 Å². The van der Waals surface area contributed by atoms with Crippen molar-refractivity contribution in [2.24, 2.45) is 5.73 Å². The fourth-order valence-electron chi connectivity index (χ4n) is 3.53. The minimum atomic E-state index is -0.495. The Morgan fingerprint density at radius 2 is 1.86 bits per heavy atom. The van der Waals surface area contributed by atoms with Gasteiger partial charge in [0.2, 0.25) is 5.91 Å². The molecule has 2 N–H and O–H groups in total. The fourth-order valence-corrected chi connectivity index (χ4v) is 3.53. The Morgan fingerprint density at radius 3 is 2.52 bits per heavy atom. The van der Waals surface area contributed by atoms with Crippen LogP contribution in [-0.2, 0) is 4.79 Å². The number of nitrogens with zero attached hydrogens (tertiary/aromatic N) is 3. The molecule has 2 fully saturated rings. The van der Waals surface area contributed by atoms with Crippen molar-refractivity contribution in [2.45, 2.75) is 24.9 Å². The zero-order valence-corrected chi connectivity index (χ0v) is 12.5. The molecule has 1 aromatic rings. The van der Waals surface area contributed by atoms with Gasteiger partial charge in [-0.15, -0.1) is 0 Å². The second-order valence-corrected chi connectivity index (χ2v) is 6.37. The van der Waals surface area contributed by atoms with E-state index in [9.17, 15) is 4.79 Å². The largest absolute Gasteiger partial charge is 0.369 e. The number of hydrogen-bond donors (Lipinski definition) is 1. The molecule has 0 spiro atoms. The third kappa shape index (κ3) is 2.12. The van der Waals surface area contributed by atoms with Gasteiger partial charge in [0.1, 0.15) is 6.04 Å². The quantitative estimate of drug-likeness (QED) is 0.879. The number of piperazine rings is 1. The van der Waals surface area contributed by atoms with Crippen molar-refractivity contribution < 1.29 is 4.79 Å². The van der Waals surface area contributed by atoms with Gasteiger partial charge in [-0.3, -0.25) is 9.69 Å². The normalized spacial score (nSPS) is 26.4. The van der Waals surface area contributed by atoms with Crippen molar-refractivity contribution in [3.8, 4) is 0 Å². The first-order chi connectivity index (χ1) is 10.1. The molecule has 5 heteroatoms. The smallest absolute Gasteiger partial charge is 0.248 e. The monoisotopic (exact) mass is 286 g/mol. The SMILES string of the molecule is CN1C(=O)C(N)c2ccc(N3CCN(C4CC4)CC3)cc21. The van der Waals surface area contributed by atoms with Gasteiger partial charge in [0, 0.05) is 50.5 Å². The molecule has 21 heavy (non-hydrogen) atoms. The molecule has 2 heterocycles. The third-order valence-electron chi connectivity index (χ3n) is 5.05. The minimum absolute atomic E-state index is 0.0132. The number of hydrogen-bond acceptors (Lipinski definition) is 4. The maximum atomic E-state index is 12.0. The second kappa shape index (κ2) is 4.71. The van der Waals surface area contributed by atoms with Crippen LogP contribution in [0, 0.1) is 0 Å². The summed E-state index contributed by atoms with van der Waals surface area (Å²) in [6, 6.07) is 6.61. The zero-order valence-electron chi connectivity index (χ0n) is 12.5. The number of carbonyl (C=O) groups excluding carboxylic acids is 1. The van der Waals surface area contributed by atoms with Crippen LogP contribution in [0.25, 0.3) is 0 Å². The summed E-state index contributed by atoms with van der Waals surface area (Å²) < 4.78 is 0. The second-order valence-electron chi connectivity index (χ2n) is 6.37. The summed E-state index contributed by atoms with van der Waals surface area (Å²) in [6.45, 7) is 4.43. The van der Waals surface area contributed by atoms with Crippen LogP contribution in [0.5, 0.6) is 0 Å². The molecule has 1 aromatic carbocycles. The number of benzene rings is 1. The highest BCUT2D eigenvalue weighted by atomic mass is 16.2. The molecular formula is C16H22N4O. The number of carbonyl (C=O) groups is 1. The van der Waals surface area contributed by atoms with Crippen LogP contribution in [-0.4, -0.2) is 50.1 Å². The lowest BCUT2D eigenvalue weighted by molar-refractivity contribution is -0.118. The topological polar surface area (TPSA) is 52.8 Å². The van der Waals surface area contributed by atoms with E-state index >= 15 is 0 Å². The summed E-state index contributed by atoms with van der Waals surface area (Å²) in [5.41, 5.74) is 9.08. The van der Waals surface area contributed by atoms with Gasteiger partial charge in [0.25, 0.3) is 0 Å². The van der Waals surface area contributed by atoms with E-state index < -0.39 is 6.04 Å². The van der Waals surface area contributed by atoms with Crippen LogP contribution >= 0.6 is 0 Å². The third-order valence-corrected chi connectivity index (χ3v) is 5.05. The number of amides is 1. The first-order valence-corrected chi connectivity index (χ1v) is 7.81. The Balaban J connectivity index is 1.53. The van der Waals surface area contributed by atoms with E-state index in [1.165, 1.54) is 18.5 Å². The highest BCUT2D eigenvalue weighted by Crippen LogP contribution is 2.37. The molecule has 112 valence electrons. The average molecular weight is 286 g/mol. The molecule has 1 atom stereocenters. The Morgan fingerprint density at radius 1 is 1.14 bits per heavy atom. The van der Waals surface area contributed by atoms with Crippen LogP contribution in [0.15, 0.2) is 18.2 Å². The van der Waals surface area contributed by atoms with Crippen LogP contribution in [0.2, 0.25) is 0 Å². The van der Waals surface area contributed by atoms with Gasteiger partial charge in [-0.05, 0) is 25.0 Å². The van der Waals surface area contributed by atoms with Crippen LogP contribution in [0.4, 0.5) is 11.4 Å². The van der Waals surface area contributed by atoms with Crippen molar-refractivity contribution in [1.82, 2.24) is 4.90 Å². The molecule has 0 bridgehead atoms. The first kappa shape index (κ1) is 13.1. The van der Waals surface area contributed by atoms with E-state index in [-0.39, 0.29) is 5.91 Å². The molecule has 0 radical (unpaired) electrons. The minimum Gasteiger partial charge on any atom is -0.369 e. The summed E-state index contributed by atoms with van der Waals surface area (Å²) in [6.07, 6.45) is 2.76. The number of likely N-dealkylation sites (N-methyl/N-ethyl adjacent to an activating group) is 1. The number of rotatable bonds is 2. The molecule has 0 aromatic heterocycles. The average Bonchev–Trinajstić information content (AvgIpc) is 3.34. The summed E-state index contributed by atoms with van der Waals surface area (Å²) in [5.74, 6) is -0.0132. The summed E-state index contributed by atoms with van der Waals surface area (Å²) in [5, 5.41) is 0. The lowest BCUT2D eigenvalue weighted by Crippen LogP contribution is -2.47. The van der Waals surface area contributed by atoms with E-state index in [1.807, 2.05) is 13.1 Å². The van der Waals surface area contributed by atoms with Crippen molar-refractivity contribution in [1.29, 1.82) is 0 Å². The summed E-state index contributed by atoms with van der Waals surface area (Å²) in [4.78, 5) is 18.7. The molecule has 1 aliphatic carbocycles. The van der Waals surface area contributed by atoms with E-state index in [0.29, 0.717) is 0 Å². The Labute approximate surface area is 125 Å². The summed E-state index contributed by atoms with van der Waals surface area (Å²) >= 11 is 0. The zero-order chi connectivity index (χ0) is 14.6. The Bertz CT molecular complexity index is 576. The van der Waals surface area contributed by atoms with E-state index in [2.05, 4.69) is 21.9 Å². The van der Waals surface area contributed by atoms with Crippen LogP contribution in [0.3, 0.4) is 0 Å². The molecule has 1 saturated carbocycles. The standard InChI is InChI=1S/C16H22N4O/c1-18-14-10-12(4-5-13(14)15(17)16(18)21)20-8-6-19(7-9-20)11-2-3-11/h4-5,10-11,15H,2-3,6-9,17H2,1H3. The predicted molar refractivity (Wildman–Crippen MR) is 83.6 cm³/mol. The number of anilines is 2. The van der Waals surface area contributed by atoms with E-state index in [4.69, 9.17) is 5.73 Å². The van der Waals surface area contributed by atoms with Crippen molar-refractivity contribution in [3.05, 3.63) is 23.8 Å². The van der Waals surface area contributed by atoms with E-state index in [0.717, 1.165) is 43.5 Å². The van der Waals surface area contributed by atoms with Gasteiger partial charge in [-0.2, -0.15) is 0 Å². The molecule has 1 amide bonds. The molecule has 5 nitrogen and oxygen atoms in total.